The average molecular weight is 416 g/mol. The van der Waals surface area contributed by atoms with Gasteiger partial charge in [0.15, 0.2) is 0 Å². The van der Waals surface area contributed by atoms with Gasteiger partial charge in [-0.15, -0.1) is 0 Å². The van der Waals surface area contributed by atoms with Crippen molar-refractivity contribution in [3.63, 3.8) is 0 Å². The summed E-state index contributed by atoms with van der Waals surface area (Å²) in [6, 6.07) is 0.798. The lowest BCUT2D eigenvalue weighted by Crippen LogP contribution is -2.58. The number of hydrogen-bond donors (Lipinski definition) is 1. The molecule has 4 fully saturated rings. The maximum atomic E-state index is 4.09. The van der Waals surface area contributed by atoms with E-state index in [-0.39, 0.29) is 0 Å². The van der Waals surface area contributed by atoms with Crippen molar-refractivity contribution in [2.24, 2.45) is 58.7 Å². The van der Waals surface area contributed by atoms with Crippen LogP contribution in [0.15, 0.2) is 0 Å². The molecule has 10 unspecified atom stereocenters. The summed E-state index contributed by atoms with van der Waals surface area (Å²) in [6.07, 6.45) is 16.3. The molecule has 1 nitrogen and oxygen atoms in total. The second kappa shape index (κ2) is 9.44. The third-order valence-electron chi connectivity index (χ3n) is 10.9. The van der Waals surface area contributed by atoms with Crippen LogP contribution in [0.1, 0.15) is 112 Å². The van der Waals surface area contributed by atoms with Gasteiger partial charge < -0.3 is 5.32 Å². The Morgan fingerprint density at radius 3 is 2.23 bits per heavy atom. The lowest BCUT2D eigenvalue weighted by Gasteiger charge is -2.60. The van der Waals surface area contributed by atoms with E-state index in [9.17, 15) is 0 Å². The predicted molar refractivity (Wildman–Crippen MR) is 130 cm³/mol. The molecule has 10 atom stereocenters. The molecule has 1 N–H and O–H groups in total. The highest BCUT2D eigenvalue weighted by atomic mass is 14.9. The molecule has 0 radical (unpaired) electrons. The number of rotatable bonds is 3. The van der Waals surface area contributed by atoms with Crippen LogP contribution < -0.4 is 5.32 Å². The zero-order valence-electron chi connectivity index (χ0n) is 21.3. The van der Waals surface area contributed by atoms with Crippen molar-refractivity contribution < 1.29 is 0 Å². The maximum Gasteiger partial charge on any atom is 0.0126 e. The van der Waals surface area contributed by atoms with Crippen LogP contribution in [0.2, 0.25) is 0 Å². The first-order chi connectivity index (χ1) is 14.3. The van der Waals surface area contributed by atoms with E-state index in [1.807, 2.05) is 0 Å². The molecule has 4 rings (SSSR count). The van der Waals surface area contributed by atoms with Gasteiger partial charge in [0.2, 0.25) is 0 Å². The van der Waals surface area contributed by atoms with Crippen LogP contribution in [0.5, 0.6) is 0 Å². The Morgan fingerprint density at radius 1 is 0.767 bits per heavy atom. The lowest BCUT2D eigenvalue weighted by molar-refractivity contribution is -0.0959. The van der Waals surface area contributed by atoms with Crippen molar-refractivity contribution in [1.29, 1.82) is 0 Å². The maximum absolute atomic E-state index is 4.09. The van der Waals surface area contributed by atoms with Crippen molar-refractivity contribution in [3.05, 3.63) is 0 Å². The van der Waals surface area contributed by atoms with Gasteiger partial charge in [0, 0.05) is 6.04 Å². The largest absolute Gasteiger partial charge is 0.313 e. The smallest absolute Gasteiger partial charge is 0.0126 e. The van der Waals surface area contributed by atoms with Gasteiger partial charge in [-0.05, 0) is 110 Å². The zero-order chi connectivity index (χ0) is 21.5. The van der Waals surface area contributed by atoms with Crippen molar-refractivity contribution in [3.8, 4) is 0 Å². The van der Waals surface area contributed by atoms with E-state index >= 15 is 0 Å². The van der Waals surface area contributed by atoms with Gasteiger partial charge >= 0.3 is 0 Å². The van der Waals surface area contributed by atoms with Gasteiger partial charge in [0.05, 0.1) is 0 Å². The lowest BCUT2D eigenvalue weighted by atomic mass is 9.47. The summed E-state index contributed by atoms with van der Waals surface area (Å²) in [4.78, 5) is 0. The highest BCUT2D eigenvalue weighted by Gasteiger charge is 2.55. The van der Waals surface area contributed by atoms with Gasteiger partial charge in [-0.25, -0.2) is 0 Å². The Kier molecular flexibility index (Phi) is 7.28. The minimum absolute atomic E-state index is 0.540. The monoisotopic (exact) mass is 415 g/mol. The molecule has 0 amide bonds. The first kappa shape index (κ1) is 23.1. The molecule has 0 aromatic heterocycles. The van der Waals surface area contributed by atoms with E-state index in [1.54, 1.807) is 12.8 Å². The molecule has 1 heteroatoms. The Labute approximate surface area is 188 Å². The minimum Gasteiger partial charge on any atom is -0.313 e. The normalized spacial score (nSPS) is 49.0. The quantitative estimate of drug-likeness (QED) is 0.493. The molecule has 174 valence electrons. The Bertz CT molecular complexity index is 553. The molecule has 0 heterocycles. The molecule has 4 saturated carbocycles. The third kappa shape index (κ3) is 4.40. The van der Waals surface area contributed by atoms with E-state index < -0.39 is 0 Å². The van der Waals surface area contributed by atoms with Crippen LogP contribution in [0.3, 0.4) is 0 Å². The highest BCUT2D eigenvalue weighted by molar-refractivity contribution is 5.05. The number of hydrogen-bond acceptors (Lipinski definition) is 1. The minimum atomic E-state index is 0.540. The summed E-state index contributed by atoms with van der Waals surface area (Å²) in [5, 5.41) is 4.09. The fraction of sp³-hybridized carbons (Fsp3) is 1.00. The van der Waals surface area contributed by atoms with Gasteiger partial charge in [0.25, 0.3) is 0 Å². The molecule has 30 heavy (non-hydrogen) atoms. The standard InChI is InChI=1S/C29H53N/c1-7-15-30-28-21(4)25-17-24-20(3)16-19(2)11-10-14-29(5,6)27(24)18-26(25)22-12-8-9-13-23(22)28/h19-28,30H,7-18H2,1-6H3. The second-order valence-electron chi connectivity index (χ2n) is 13.2. The number of nitrogens with one attached hydrogen (secondary N) is 1. The SMILES string of the molecule is CCCNC1C(C)C2CC3C(C)CC(C)CCCC(C)(C)C3CC2C2CCCCC21. The molecule has 0 saturated heterocycles. The molecular weight excluding hydrogens is 362 g/mol. The third-order valence-corrected chi connectivity index (χ3v) is 10.9. The molecule has 4 aliphatic carbocycles. The predicted octanol–water partition coefficient (Wildman–Crippen LogP) is 7.94. The summed E-state index contributed by atoms with van der Waals surface area (Å²) in [5.41, 5.74) is 0.540. The molecule has 4 aliphatic rings. The van der Waals surface area contributed by atoms with E-state index in [1.165, 1.54) is 64.3 Å². The van der Waals surface area contributed by atoms with E-state index in [2.05, 4.69) is 46.9 Å². The van der Waals surface area contributed by atoms with Crippen molar-refractivity contribution in [2.75, 3.05) is 6.54 Å². The fourth-order valence-corrected chi connectivity index (χ4v) is 9.41. The van der Waals surface area contributed by atoms with Gasteiger partial charge in [0.1, 0.15) is 0 Å². The van der Waals surface area contributed by atoms with Crippen LogP contribution in [0.25, 0.3) is 0 Å². The Balaban J connectivity index is 1.63. The van der Waals surface area contributed by atoms with Crippen LogP contribution in [0.4, 0.5) is 0 Å². The van der Waals surface area contributed by atoms with Crippen molar-refractivity contribution in [2.45, 2.75) is 118 Å². The van der Waals surface area contributed by atoms with Gasteiger partial charge in [-0.3, -0.25) is 0 Å². The first-order valence-corrected chi connectivity index (χ1v) is 14.1. The van der Waals surface area contributed by atoms with Gasteiger partial charge in [-0.2, -0.15) is 0 Å². The van der Waals surface area contributed by atoms with E-state index in [0.717, 1.165) is 59.3 Å². The second-order valence-corrected chi connectivity index (χ2v) is 13.2. The van der Waals surface area contributed by atoms with Crippen LogP contribution >= 0.6 is 0 Å². The molecule has 0 bridgehead atoms. The topological polar surface area (TPSA) is 12.0 Å². The Morgan fingerprint density at radius 2 is 1.50 bits per heavy atom. The van der Waals surface area contributed by atoms with Crippen LogP contribution in [0, 0.1) is 58.7 Å². The highest BCUT2D eigenvalue weighted by Crippen LogP contribution is 2.60. The van der Waals surface area contributed by atoms with Gasteiger partial charge in [-0.1, -0.05) is 67.2 Å². The Hall–Kier alpha value is -0.0400. The summed E-state index contributed by atoms with van der Waals surface area (Å²) in [5.74, 6) is 8.65. The number of fused-ring (bicyclic) bond motifs is 4. The first-order valence-electron chi connectivity index (χ1n) is 14.1. The van der Waals surface area contributed by atoms with Crippen molar-refractivity contribution >= 4 is 0 Å². The molecule has 0 aliphatic heterocycles. The molecule has 0 aromatic carbocycles. The molecule has 0 aromatic rings. The fourth-order valence-electron chi connectivity index (χ4n) is 9.41. The van der Waals surface area contributed by atoms with E-state index in [0.29, 0.717) is 5.41 Å². The van der Waals surface area contributed by atoms with Crippen molar-refractivity contribution in [1.82, 2.24) is 5.32 Å². The molecule has 0 spiro atoms. The average Bonchev–Trinajstić information content (AvgIpc) is 2.75. The summed E-state index contributed by atoms with van der Waals surface area (Å²) in [7, 11) is 0. The van der Waals surface area contributed by atoms with E-state index in [4.69, 9.17) is 0 Å². The summed E-state index contributed by atoms with van der Waals surface area (Å²) >= 11 is 0. The summed E-state index contributed by atoms with van der Waals surface area (Å²) in [6.45, 7) is 16.7. The zero-order valence-corrected chi connectivity index (χ0v) is 21.3. The van der Waals surface area contributed by atoms with Crippen LogP contribution in [-0.2, 0) is 0 Å². The summed E-state index contributed by atoms with van der Waals surface area (Å²) < 4.78 is 0. The molecular formula is C29H53N. The van der Waals surface area contributed by atoms with Crippen LogP contribution in [-0.4, -0.2) is 12.6 Å².